The van der Waals surface area contributed by atoms with E-state index in [9.17, 15) is 9.59 Å². The minimum absolute atomic E-state index is 0.143. The zero-order valence-electron chi connectivity index (χ0n) is 14.0. The Morgan fingerprint density at radius 1 is 1.35 bits per heavy atom. The van der Waals surface area contributed by atoms with Gasteiger partial charge in [0.1, 0.15) is 5.69 Å². The molecule has 2 aromatic heterocycles. The highest BCUT2D eigenvalue weighted by atomic mass is 16.7. The Morgan fingerprint density at radius 2 is 2.00 bits per heavy atom. The maximum absolute atomic E-state index is 13.0. The molecule has 3 heterocycles. The molecule has 1 aliphatic heterocycles. The minimum atomic E-state index is -1.48. The molecule has 0 amide bonds. The van der Waals surface area contributed by atoms with Crippen molar-refractivity contribution >= 4 is 17.9 Å². The van der Waals surface area contributed by atoms with Crippen molar-refractivity contribution in [3.63, 3.8) is 0 Å². The molecule has 0 saturated carbocycles. The molecule has 0 radical (unpaired) electrons. The van der Waals surface area contributed by atoms with Gasteiger partial charge in [-0.05, 0) is 19.1 Å². The summed E-state index contributed by atoms with van der Waals surface area (Å²) in [6.07, 6.45) is 1.66. The highest BCUT2D eigenvalue weighted by molar-refractivity contribution is 6.13. The van der Waals surface area contributed by atoms with Crippen molar-refractivity contribution in [2.24, 2.45) is 0 Å². The number of esters is 1. The van der Waals surface area contributed by atoms with Crippen LogP contribution in [0.4, 0.5) is 0 Å². The van der Waals surface area contributed by atoms with Crippen LogP contribution in [0, 0.1) is 6.92 Å². The summed E-state index contributed by atoms with van der Waals surface area (Å²) in [5, 5.41) is 0. The smallest absolute Gasteiger partial charge is 0.373 e. The van der Waals surface area contributed by atoms with E-state index in [2.05, 4.69) is 9.97 Å². The maximum atomic E-state index is 13.0. The number of Topliss-reactive ketones (excluding diaryl/α,β-unsaturated/α-hetero) is 1. The molecule has 2 aromatic rings. The molecule has 0 aromatic carbocycles. The lowest BCUT2D eigenvalue weighted by Gasteiger charge is -2.31. The van der Waals surface area contributed by atoms with Crippen molar-refractivity contribution in [3.8, 4) is 11.3 Å². The summed E-state index contributed by atoms with van der Waals surface area (Å²) < 4.78 is 16.2. The third-order valence-corrected chi connectivity index (χ3v) is 4.12. The highest BCUT2D eigenvalue weighted by Gasteiger charge is 2.54. The average molecular weight is 358 g/mol. The van der Waals surface area contributed by atoms with Gasteiger partial charge in [0, 0.05) is 23.0 Å². The lowest BCUT2D eigenvalue weighted by Crippen LogP contribution is -2.41. The Morgan fingerprint density at radius 3 is 2.62 bits per heavy atom. The fraction of sp³-hybridized carbons (Fsp3) is 0.294. The Bertz CT molecular complexity index is 919. The molecule has 26 heavy (non-hydrogen) atoms. The van der Waals surface area contributed by atoms with Crippen molar-refractivity contribution < 1.29 is 33.4 Å². The molecule has 0 atom stereocenters. The van der Waals surface area contributed by atoms with Crippen LogP contribution in [0.1, 0.15) is 32.1 Å². The van der Waals surface area contributed by atoms with Crippen LogP contribution in [-0.2, 0) is 29.6 Å². The molecule has 2 aliphatic rings. The van der Waals surface area contributed by atoms with Crippen LogP contribution < -0.4 is 0 Å². The number of methoxy groups -OCH3 is 1. The summed E-state index contributed by atoms with van der Waals surface area (Å²) in [5.41, 5.74) is 2.85. The molecule has 0 unspecified atom stereocenters. The third-order valence-electron chi connectivity index (χ3n) is 4.12. The Hall–Kier alpha value is -3.13. The summed E-state index contributed by atoms with van der Waals surface area (Å²) in [7, 11) is 1.30. The van der Waals surface area contributed by atoms with Crippen LogP contribution in [0.3, 0.4) is 0 Å². The molecular weight excluding hydrogens is 344 g/mol. The minimum Gasteiger partial charge on any atom is -0.465 e. The van der Waals surface area contributed by atoms with Crippen LogP contribution in [0.2, 0.25) is 0 Å². The van der Waals surface area contributed by atoms with Gasteiger partial charge in [-0.15, -0.1) is 0 Å². The normalized spacial score (nSPS) is 16.2. The van der Waals surface area contributed by atoms with Crippen LogP contribution >= 0.6 is 0 Å². The number of H-pyrrole nitrogens is 1. The molecule has 4 rings (SSSR count). The quantitative estimate of drug-likeness (QED) is 0.748. The number of hydrogen-bond donors (Lipinski definition) is 1. The van der Waals surface area contributed by atoms with E-state index in [1.807, 2.05) is 6.92 Å². The van der Waals surface area contributed by atoms with E-state index >= 15 is 0 Å². The number of nitrogens with one attached hydrogen (secondary N) is 1. The predicted octanol–water partition coefficient (Wildman–Crippen LogP) is 0.984. The lowest BCUT2D eigenvalue weighted by molar-refractivity contribution is -0.191. The predicted molar refractivity (Wildman–Crippen MR) is 83.0 cm³/mol. The second-order valence-corrected chi connectivity index (χ2v) is 5.54. The molecular formula is C17H14N2O7. The monoisotopic (exact) mass is 358 g/mol. The van der Waals surface area contributed by atoms with Gasteiger partial charge in [-0.3, -0.25) is 9.78 Å². The fourth-order valence-electron chi connectivity index (χ4n) is 3.19. The van der Waals surface area contributed by atoms with Crippen molar-refractivity contribution in [3.05, 3.63) is 40.8 Å². The van der Waals surface area contributed by atoms with E-state index in [0.717, 1.165) is 5.69 Å². The molecule has 1 spiro atoms. The first-order chi connectivity index (χ1) is 12.5. The number of ketones is 1. The van der Waals surface area contributed by atoms with Crippen LogP contribution in [0.5, 0.6) is 0 Å². The van der Waals surface area contributed by atoms with Gasteiger partial charge in [0.2, 0.25) is 5.78 Å². The number of ether oxygens (including phenoxy) is 3. The molecule has 9 heteroatoms. The number of aromatic amines is 1. The second kappa shape index (κ2) is 6.64. The molecule has 9 nitrogen and oxygen atoms in total. The number of nitrogens with zero attached hydrogens (tertiary/aromatic N) is 1. The highest BCUT2D eigenvalue weighted by Crippen LogP contribution is 2.47. The van der Waals surface area contributed by atoms with Gasteiger partial charge in [-0.25, -0.2) is 4.79 Å². The van der Waals surface area contributed by atoms with Crippen molar-refractivity contribution in [1.82, 2.24) is 9.97 Å². The summed E-state index contributed by atoms with van der Waals surface area (Å²) in [6, 6.07) is 3.34. The number of hydrogen-bond acceptors (Lipinski definition) is 8. The number of fused-ring (bicyclic) bond motifs is 4. The summed E-state index contributed by atoms with van der Waals surface area (Å²) >= 11 is 0. The molecule has 1 aliphatic carbocycles. The zero-order chi connectivity index (χ0) is 18.9. The number of carbonyl (C=O) groups excluding carboxylic acids is 4. The second-order valence-electron chi connectivity index (χ2n) is 5.54. The maximum Gasteiger partial charge on any atom is 0.373 e. The Labute approximate surface area is 147 Å². The van der Waals surface area contributed by atoms with Gasteiger partial charge in [-0.1, -0.05) is 0 Å². The zero-order valence-corrected chi connectivity index (χ0v) is 14.0. The van der Waals surface area contributed by atoms with Crippen molar-refractivity contribution in [2.45, 2.75) is 12.7 Å². The molecule has 0 bridgehead atoms. The first kappa shape index (κ1) is 17.7. The van der Waals surface area contributed by atoms with Gasteiger partial charge in [0.15, 0.2) is 0 Å². The number of aromatic nitrogens is 2. The summed E-state index contributed by atoms with van der Waals surface area (Å²) in [4.78, 5) is 48.7. The van der Waals surface area contributed by atoms with Gasteiger partial charge in [0.25, 0.3) is 5.79 Å². The van der Waals surface area contributed by atoms with E-state index in [1.54, 1.807) is 6.07 Å². The van der Waals surface area contributed by atoms with E-state index < -0.39 is 17.5 Å². The number of rotatable bonds is 1. The number of carbonyl (C=O) groups is 2. The van der Waals surface area contributed by atoms with E-state index in [4.69, 9.17) is 23.8 Å². The Balaban J connectivity index is 0.000000613. The van der Waals surface area contributed by atoms with Gasteiger partial charge in [-0.2, -0.15) is 9.59 Å². The molecule has 1 fully saturated rings. The Kier molecular flexibility index (Phi) is 4.52. The summed E-state index contributed by atoms with van der Waals surface area (Å²) in [6.45, 7) is 2.50. The van der Waals surface area contributed by atoms with Crippen LogP contribution in [-0.4, -0.2) is 48.2 Å². The van der Waals surface area contributed by atoms with Gasteiger partial charge in [0.05, 0.1) is 31.6 Å². The molecule has 1 N–H and O–H groups in total. The first-order valence-corrected chi connectivity index (χ1v) is 7.60. The van der Waals surface area contributed by atoms with Gasteiger partial charge >= 0.3 is 12.1 Å². The largest absolute Gasteiger partial charge is 0.465 e. The third kappa shape index (κ3) is 2.46. The average Bonchev–Trinajstić information content (AvgIpc) is 3.27. The van der Waals surface area contributed by atoms with Gasteiger partial charge < -0.3 is 19.2 Å². The van der Waals surface area contributed by atoms with E-state index in [0.29, 0.717) is 30.0 Å². The summed E-state index contributed by atoms with van der Waals surface area (Å²) in [5.74, 6) is -2.41. The molecule has 1 saturated heterocycles. The SMILES string of the molecule is COC(=O)c1ccnc2c1-c1[nH]c(C)cc1C1(OCCO1)C2=O.O=C=O. The van der Waals surface area contributed by atoms with Crippen LogP contribution in [0.25, 0.3) is 11.3 Å². The van der Waals surface area contributed by atoms with Crippen molar-refractivity contribution in [1.29, 1.82) is 0 Å². The van der Waals surface area contributed by atoms with E-state index in [-0.39, 0.29) is 17.4 Å². The lowest BCUT2D eigenvalue weighted by atomic mass is 9.85. The van der Waals surface area contributed by atoms with Crippen LogP contribution in [0.15, 0.2) is 18.3 Å². The topological polar surface area (TPSA) is 125 Å². The first-order valence-electron chi connectivity index (χ1n) is 7.60. The molecule has 134 valence electrons. The number of aryl methyl sites for hydroxylation is 1. The number of pyridine rings is 1. The van der Waals surface area contributed by atoms with Crippen molar-refractivity contribution in [2.75, 3.05) is 20.3 Å². The standard InChI is InChI=1S/C16H14N2O5.CO2/c1-8-7-10-12(18-8)11-9(15(20)21-2)3-4-17-13(11)14(19)16(10)22-5-6-23-16;2-1-3/h3-4,7,18H,5-6H2,1-2H3;. The van der Waals surface area contributed by atoms with E-state index in [1.165, 1.54) is 19.4 Å². The fourth-order valence-corrected chi connectivity index (χ4v) is 3.19.